The number of anilines is 1. The number of benzene rings is 2. The van der Waals surface area contributed by atoms with E-state index in [1.54, 1.807) is 30.5 Å². The van der Waals surface area contributed by atoms with E-state index in [1.165, 1.54) is 7.11 Å². The first-order valence-electron chi connectivity index (χ1n) is 8.36. The number of rotatable bonds is 6. The van der Waals surface area contributed by atoms with Crippen LogP contribution in [0.3, 0.4) is 0 Å². The average molecular weight is 365 g/mol. The SMILES string of the molecule is COC(=O)c1ccc(NC(=O)NCCOc2ccc3ncccc3c2)cc1. The Morgan fingerprint density at radius 1 is 1.07 bits per heavy atom. The Hall–Kier alpha value is -3.61. The van der Waals surface area contributed by atoms with Crippen molar-refractivity contribution in [3.05, 3.63) is 66.4 Å². The van der Waals surface area contributed by atoms with Gasteiger partial charge in [0.15, 0.2) is 0 Å². The van der Waals surface area contributed by atoms with E-state index in [4.69, 9.17) is 4.74 Å². The summed E-state index contributed by atoms with van der Waals surface area (Å²) in [7, 11) is 1.32. The summed E-state index contributed by atoms with van der Waals surface area (Å²) in [5.41, 5.74) is 1.89. The second-order valence-corrected chi connectivity index (χ2v) is 5.66. The molecule has 0 spiro atoms. The molecule has 0 saturated carbocycles. The molecule has 0 aliphatic rings. The van der Waals surface area contributed by atoms with Crippen LogP contribution in [0.15, 0.2) is 60.8 Å². The largest absolute Gasteiger partial charge is 0.492 e. The smallest absolute Gasteiger partial charge is 0.337 e. The quantitative estimate of drug-likeness (QED) is 0.517. The Bertz CT molecular complexity index is 941. The summed E-state index contributed by atoms with van der Waals surface area (Å²) >= 11 is 0. The fraction of sp³-hybridized carbons (Fsp3) is 0.150. The van der Waals surface area contributed by atoms with Crippen molar-refractivity contribution in [2.45, 2.75) is 0 Å². The fourth-order valence-electron chi connectivity index (χ4n) is 2.46. The molecule has 0 saturated heterocycles. The zero-order chi connectivity index (χ0) is 19.1. The van der Waals surface area contributed by atoms with E-state index in [1.807, 2.05) is 30.3 Å². The van der Waals surface area contributed by atoms with Crippen LogP contribution >= 0.6 is 0 Å². The van der Waals surface area contributed by atoms with E-state index < -0.39 is 5.97 Å². The molecular weight excluding hydrogens is 346 g/mol. The number of aromatic nitrogens is 1. The molecule has 0 radical (unpaired) electrons. The number of pyridine rings is 1. The van der Waals surface area contributed by atoms with Crippen LogP contribution in [0.4, 0.5) is 10.5 Å². The van der Waals surface area contributed by atoms with Gasteiger partial charge in [-0.05, 0) is 48.5 Å². The number of fused-ring (bicyclic) bond motifs is 1. The van der Waals surface area contributed by atoms with Gasteiger partial charge in [-0.2, -0.15) is 0 Å². The van der Waals surface area contributed by atoms with Gasteiger partial charge in [-0.25, -0.2) is 9.59 Å². The number of amides is 2. The third kappa shape index (κ3) is 4.94. The Morgan fingerprint density at radius 3 is 2.67 bits per heavy atom. The van der Waals surface area contributed by atoms with Crippen LogP contribution in [0.2, 0.25) is 0 Å². The summed E-state index contributed by atoms with van der Waals surface area (Å²) in [5, 5.41) is 6.39. The van der Waals surface area contributed by atoms with Gasteiger partial charge < -0.3 is 20.1 Å². The number of hydrogen-bond donors (Lipinski definition) is 2. The van der Waals surface area contributed by atoms with Crippen molar-refractivity contribution < 1.29 is 19.1 Å². The zero-order valence-electron chi connectivity index (χ0n) is 14.8. The lowest BCUT2D eigenvalue weighted by Gasteiger charge is -2.10. The van der Waals surface area contributed by atoms with Crippen molar-refractivity contribution in [3.63, 3.8) is 0 Å². The molecule has 2 aromatic carbocycles. The lowest BCUT2D eigenvalue weighted by Crippen LogP contribution is -2.32. The molecule has 0 aliphatic carbocycles. The van der Waals surface area contributed by atoms with Crippen molar-refractivity contribution in [1.29, 1.82) is 0 Å². The van der Waals surface area contributed by atoms with E-state index in [0.717, 1.165) is 16.7 Å². The molecule has 0 bridgehead atoms. The van der Waals surface area contributed by atoms with Crippen LogP contribution in [-0.2, 0) is 4.74 Å². The molecule has 3 rings (SSSR count). The number of hydrogen-bond acceptors (Lipinski definition) is 5. The summed E-state index contributed by atoms with van der Waals surface area (Å²) in [6.07, 6.45) is 1.74. The van der Waals surface area contributed by atoms with Gasteiger partial charge in [-0.15, -0.1) is 0 Å². The minimum absolute atomic E-state index is 0.334. The van der Waals surface area contributed by atoms with E-state index >= 15 is 0 Å². The Labute approximate surface area is 156 Å². The minimum Gasteiger partial charge on any atom is -0.492 e. The van der Waals surface area contributed by atoms with Crippen molar-refractivity contribution in [1.82, 2.24) is 10.3 Å². The first-order chi connectivity index (χ1) is 13.2. The number of nitrogens with one attached hydrogen (secondary N) is 2. The van der Waals surface area contributed by atoms with Gasteiger partial charge in [-0.1, -0.05) is 6.07 Å². The maximum absolute atomic E-state index is 11.9. The topological polar surface area (TPSA) is 89.5 Å². The monoisotopic (exact) mass is 365 g/mol. The summed E-state index contributed by atoms with van der Waals surface area (Å²) in [6.45, 7) is 0.678. The maximum atomic E-state index is 11.9. The molecule has 0 aliphatic heterocycles. The maximum Gasteiger partial charge on any atom is 0.337 e. The molecule has 138 valence electrons. The van der Waals surface area contributed by atoms with Gasteiger partial charge in [0.05, 0.1) is 24.7 Å². The summed E-state index contributed by atoms with van der Waals surface area (Å²) in [5.74, 6) is 0.295. The molecule has 3 aromatic rings. The lowest BCUT2D eigenvalue weighted by atomic mass is 10.2. The number of carbonyl (C=O) groups excluding carboxylic acids is 2. The molecule has 1 aromatic heterocycles. The Balaban J connectivity index is 1.43. The van der Waals surface area contributed by atoms with Crippen LogP contribution in [-0.4, -0.2) is 37.2 Å². The van der Waals surface area contributed by atoms with E-state index in [-0.39, 0.29) is 6.03 Å². The number of esters is 1. The molecule has 0 fully saturated rings. The van der Waals surface area contributed by atoms with E-state index in [0.29, 0.717) is 24.4 Å². The van der Waals surface area contributed by atoms with Crippen LogP contribution in [0, 0.1) is 0 Å². The minimum atomic E-state index is -0.423. The molecule has 0 atom stereocenters. The number of methoxy groups -OCH3 is 1. The van der Waals surface area contributed by atoms with Crippen molar-refractivity contribution in [2.75, 3.05) is 25.6 Å². The zero-order valence-corrected chi connectivity index (χ0v) is 14.8. The molecule has 1 heterocycles. The molecule has 7 nitrogen and oxygen atoms in total. The highest BCUT2D eigenvalue weighted by Gasteiger charge is 2.06. The predicted octanol–water partition coefficient (Wildman–Crippen LogP) is 3.22. The molecule has 0 unspecified atom stereocenters. The number of ether oxygens (including phenoxy) is 2. The van der Waals surface area contributed by atoms with Gasteiger partial charge in [0.1, 0.15) is 12.4 Å². The predicted molar refractivity (Wildman–Crippen MR) is 102 cm³/mol. The van der Waals surface area contributed by atoms with Crippen molar-refractivity contribution >= 4 is 28.6 Å². The number of nitrogens with zero attached hydrogens (tertiary/aromatic N) is 1. The number of carbonyl (C=O) groups is 2. The Morgan fingerprint density at radius 2 is 1.89 bits per heavy atom. The highest BCUT2D eigenvalue weighted by Crippen LogP contribution is 2.18. The second-order valence-electron chi connectivity index (χ2n) is 5.66. The van der Waals surface area contributed by atoms with Crippen molar-refractivity contribution in [3.8, 4) is 5.75 Å². The molecule has 2 N–H and O–H groups in total. The van der Waals surface area contributed by atoms with E-state index in [9.17, 15) is 9.59 Å². The van der Waals surface area contributed by atoms with Gasteiger partial charge in [0, 0.05) is 17.3 Å². The van der Waals surface area contributed by atoms with Gasteiger partial charge >= 0.3 is 12.0 Å². The van der Waals surface area contributed by atoms with Gasteiger partial charge in [0.2, 0.25) is 0 Å². The van der Waals surface area contributed by atoms with Gasteiger partial charge in [-0.3, -0.25) is 4.98 Å². The standard InChI is InChI=1S/C20H19N3O4/c1-26-19(24)14-4-6-16(7-5-14)23-20(25)22-11-12-27-17-8-9-18-15(13-17)3-2-10-21-18/h2-10,13H,11-12H2,1H3,(H2,22,23,25). The third-order valence-corrected chi connectivity index (χ3v) is 3.79. The lowest BCUT2D eigenvalue weighted by molar-refractivity contribution is 0.0600. The van der Waals surface area contributed by atoms with Crippen LogP contribution in [0.1, 0.15) is 10.4 Å². The molecule has 2 amide bonds. The first kappa shape index (κ1) is 18.2. The summed E-state index contributed by atoms with van der Waals surface area (Å²) in [6, 6.07) is 15.6. The molecule has 27 heavy (non-hydrogen) atoms. The fourth-order valence-corrected chi connectivity index (χ4v) is 2.46. The second kappa shape index (κ2) is 8.66. The first-order valence-corrected chi connectivity index (χ1v) is 8.36. The molecule has 7 heteroatoms. The van der Waals surface area contributed by atoms with Crippen LogP contribution < -0.4 is 15.4 Å². The third-order valence-electron chi connectivity index (χ3n) is 3.79. The Kier molecular flexibility index (Phi) is 5.84. The summed E-state index contributed by atoms with van der Waals surface area (Å²) in [4.78, 5) is 27.5. The highest BCUT2D eigenvalue weighted by atomic mass is 16.5. The van der Waals surface area contributed by atoms with E-state index in [2.05, 4.69) is 20.4 Å². The summed E-state index contributed by atoms with van der Waals surface area (Å²) < 4.78 is 10.3. The van der Waals surface area contributed by atoms with Crippen LogP contribution in [0.25, 0.3) is 10.9 Å². The van der Waals surface area contributed by atoms with Gasteiger partial charge in [0.25, 0.3) is 0 Å². The normalized spacial score (nSPS) is 10.3. The van der Waals surface area contributed by atoms with Crippen molar-refractivity contribution in [2.24, 2.45) is 0 Å². The molecular formula is C20H19N3O4. The highest BCUT2D eigenvalue weighted by molar-refractivity contribution is 5.92. The average Bonchev–Trinajstić information content (AvgIpc) is 2.71. The number of urea groups is 1. The van der Waals surface area contributed by atoms with Crippen LogP contribution in [0.5, 0.6) is 5.75 Å².